The van der Waals surface area contributed by atoms with Crippen molar-refractivity contribution in [2.45, 2.75) is 25.8 Å². The summed E-state index contributed by atoms with van der Waals surface area (Å²) in [5, 5.41) is 3.38. The minimum Gasteiger partial charge on any atom is -0.493 e. The molecule has 1 aromatic heterocycles. The third-order valence-electron chi connectivity index (χ3n) is 3.29. The predicted molar refractivity (Wildman–Crippen MR) is 82.0 cm³/mol. The van der Waals surface area contributed by atoms with Crippen molar-refractivity contribution in [3.05, 3.63) is 59.9 Å². The molecule has 0 saturated heterocycles. The van der Waals surface area contributed by atoms with Crippen LogP contribution in [-0.2, 0) is 6.42 Å². The highest BCUT2D eigenvalue weighted by Gasteiger charge is 2.14. The van der Waals surface area contributed by atoms with Gasteiger partial charge in [-0.25, -0.2) is 0 Å². The maximum atomic E-state index is 5.85. The van der Waals surface area contributed by atoms with Crippen molar-refractivity contribution in [3.8, 4) is 5.75 Å². The van der Waals surface area contributed by atoms with E-state index in [1.807, 2.05) is 31.6 Å². The minimum atomic E-state index is 0.241. The molecule has 1 heterocycles. The Kier molecular flexibility index (Phi) is 5.56. The molecule has 0 aliphatic heterocycles. The van der Waals surface area contributed by atoms with Crippen LogP contribution >= 0.6 is 0 Å². The molecule has 1 N–H and O–H groups in total. The molecule has 0 amide bonds. The van der Waals surface area contributed by atoms with Crippen LogP contribution in [0, 0.1) is 0 Å². The van der Waals surface area contributed by atoms with Crippen molar-refractivity contribution in [3.63, 3.8) is 0 Å². The van der Waals surface area contributed by atoms with Gasteiger partial charge in [0.1, 0.15) is 5.75 Å². The van der Waals surface area contributed by atoms with Crippen LogP contribution < -0.4 is 10.1 Å². The monoisotopic (exact) mass is 270 g/mol. The van der Waals surface area contributed by atoms with Crippen LogP contribution in [0.4, 0.5) is 0 Å². The van der Waals surface area contributed by atoms with Gasteiger partial charge in [-0.15, -0.1) is 0 Å². The summed E-state index contributed by atoms with van der Waals surface area (Å²) in [6.07, 6.45) is 5.61. The second-order valence-electron chi connectivity index (χ2n) is 4.79. The van der Waals surface area contributed by atoms with E-state index in [-0.39, 0.29) is 6.04 Å². The van der Waals surface area contributed by atoms with Crippen LogP contribution in [0.1, 0.15) is 30.5 Å². The second-order valence-corrected chi connectivity index (χ2v) is 4.79. The summed E-state index contributed by atoms with van der Waals surface area (Å²) in [5.74, 6) is 0.975. The molecule has 0 radical (unpaired) electrons. The van der Waals surface area contributed by atoms with E-state index in [0.29, 0.717) is 0 Å². The SMILES string of the molecule is CCCOc1ccccc1C(Cc1ccncc1)NC. The third kappa shape index (κ3) is 3.81. The van der Waals surface area contributed by atoms with Gasteiger partial charge < -0.3 is 10.1 Å². The normalized spacial score (nSPS) is 12.1. The standard InChI is InChI=1S/C17H22N2O/c1-3-12-20-17-7-5-4-6-15(17)16(18-2)13-14-8-10-19-11-9-14/h4-11,16,18H,3,12-13H2,1-2H3. The third-order valence-corrected chi connectivity index (χ3v) is 3.29. The fraction of sp³-hybridized carbons (Fsp3) is 0.353. The summed E-state index contributed by atoms with van der Waals surface area (Å²) in [7, 11) is 1.99. The van der Waals surface area contributed by atoms with Crippen LogP contribution in [0.5, 0.6) is 5.75 Å². The van der Waals surface area contributed by atoms with E-state index >= 15 is 0 Å². The molecule has 20 heavy (non-hydrogen) atoms. The van der Waals surface area contributed by atoms with Crippen LogP contribution in [0.3, 0.4) is 0 Å². The van der Waals surface area contributed by atoms with Crippen molar-refractivity contribution in [2.24, 2.45) is 0 Å². The molecule has 3 heteroatoms. The molecule has 1 atom stereocenters. The zero-order valence-corrected chi connectivity index (χ0v) is 12.2. The summed E-state index contributed by atoms with van der Waals surface area (Å²) in [5.41, 5.74) is 2.48. The van der Waals surface area contributed by atoms with Gasteiger partial charge in [-0.3, -0.25) is 4.98 Å². The van der Waals surface area contributed by atoms with Crippen molar-refractivity contribution in [2.75, 3.05) is 13.7 Å². The quantitative estimate of drug-likeness (QED) is 0.837. The van der Waals surface area contributed by atoms with Crippen molar-refractivity contribution in [1.82, 2.24) is 10.3 Å². The van der Waals surface area contributed by atoms with E-state index in [1.54, 1.807) is 0 Å². The van der Waals surface area contributed by atoms with Crippen molar-refractivity contribution >= 4 is 0 Å². The largest absolute Gasteiger partial charge is 0.493 e. The Morgan fingerprint density at radius 1 is 1.15 bits per heavy atom. The summed E-state index contributed by atoms with van der Waals surface area (Å²) in [6.45, 7) is 2.87. The van der Waals surface area contributed by atoms with Gasteiger partial charge in [-0.2, -0.15) is 0 Å². The van der Waals surface area contributed by atoms with Gasteiger partial charge in [-0.05, 0) is 43.7 Å². The lowest BCUT2D eigenvalue weighted by atomic mass is 9.99. The smallest absolute Gasteiger partial charge is 0.124 e. The number of nitrogens with zero attached hydrogens (tertiary/aromatic N) is 1. The molecule has 1 unspecified atom stereocenters. The Morgan fingerprint density at radius 2 is 1.90 bits per heavy atom. The van der Waals surface area contributed by atoms with Crippen LogP contribution in [0.25, 0.3) is 0 Å². The number of hydrogen-bond acceptors (Lipinski definition) is 3. The number of benzene rings is 1. The minimum absolute atomic E-state index is 0.241. The molecule has 1 aromatic carbocycles. The molecule has 0 aliphatic rings. The maximum Gasteiger partial charge on any atom is 0.124 e. The Balaban J connectivity index is 2.18. The number of pyridine rings is 1. The van der Waals surface area contributed by atoms with E-state index in [9.17, 15) is 0 Å². The van der Waals surface area contributed by atoms with E-state index in [2.05, 4.69) is 41.5 Å². The van der Waals surface area contributed by atoms with E-state index in [0.717, 1.165) is 25.2 Å². The number of hydrogen-bond donors (Lipinski definition) is 1. The molecule has 0 spiro atoms. The fourth-order valence-corrected chi connectivity index (χ4v) is 2.23. The molecular formula is C17H22N2O. The number of para-hydroxylation sites is 1. The zero-order chi connectivity index (χ0) is 14.2. The maximum absolute atomic E-state index is 5.85. The van der Waals surface area contributed by atoms with E-state index in [1.165, 1.54) is 11.1 Å². The van der Waals surface area contributed by atoms with Gasteiger partial charge in [0, 0.05) is 24.0 Å². The highest BCUT2D eigenvalue weighted by molar-refractivity contribution is 5.37. The predicted octanol–water partition coefficient (Wildman–Crippen LogP) is 3.37. The highest BCUT2D eigenvalue weighted by Crippen LogP contribution is 2.27. The molecular weight excluding hydrogens is 248 g/mol. The first-order valence-electron chi connectivity index (χ1n) is 7.13. The second kappa shape index (κ2) is 7.65. The highest BCUT2D eigenvalue weighted by atomic mass is 16.5. The number of rotatable bonds is 7. The van der Waals surface area contributed by atoms with Crippen LogP contribution in [0.2, 0.25) is 0 Å². The number of likely N-dealkylation sites (N-methyl/N-ethyl adjacent to an activating group) is 1. The summed E-state index contributed by atoms with van der Waals surface area (Å²) in [4.78, 5) is 4.06. The Bertz CT molecular complexity index is 513. The fourth-order valence-electron chi connectivity index (χ4n) is 2.23. The van der Waals surface area contributed by atoms with Gasteiger partial charge in [-0.1, -0.05) is 25.1 Å². The van der Waals surface area contributed by atoms with Gasteiger partial charge in [0.15, 0.2) is 0 Å². The molecule has 0 fully saturated rings. The van der Waals surface area contributed by atoms with Crippen molar-refractivity contribution < 1.29 is 4.74 Å². The summed E-state index contributed by atoms with van der Waals surface area (Å²) < 4.78 is 5.85. The Labute approximate surface area is 121 Å². The van der Waals surface area contributed by atoms with E-state index in [4.69, 9.17) is 4.74 Å². The number of aromatic nitrogens is 1. The van der Waals surface area contributed by atoms with Crippen molar-refractivity contribution in [1.29, 1.82) is 0 Å². The first-order chi connectivity index (χ1) is 9.85. The molecule has 0 saturated carbocycles. The zero-order valence-electron chi connectivity index (χ0n) is 12.2. The molecule has 2 aromatic rings. The van der Waals surface area contributed by atoms with Gasteiger partial charge in [0.05, 0.1) is 6.61 Å². The number of ether oxygens (including phenoxy) is 1. The molecule has 106 valence electrons. The average molecular weight is 270 g/mol. The van der Waals surface area contributed by atoms with Gasteiger partial charge in [0.2, 0.25) is 0 Å². The molecule has 0 bridgehead atoms. The number of nitrogens with one attached hydrogen (secondary N) is 1. The van der Waals surface area contributed by atoms with Crippen LogP contribution in [-0.4, -0.2) is 18.6 Å². The molecule has 0 aliphatic carbocycles. The van der Waals surface area contributed by atoms with E-state index < -0.39 is 0 Å². The average Bonchev–Trinajstić information content (AvgIpc) is 2.52. The van der Waals surface area contributed by atoms with Gasteiger partial charge >= 0.3 is 0 Å². The lowest BCUT2D eigenvalue weighted by Crippen LogP contribution is -2.20. The first kappa shape index (κ1) is 14.5. The Morgan fingerprint density at radius 3 is 2.60 bits per heavy atom. The summed E-state index contributed by atoms with van der Waals surface area (Å²) >= 11 is 0. The first-order valence-corrected chi connectivity index (χ1v) is 7.13. The lowest BCUT2D eigenvalue weighted by Gasteiger charge is -2.20. The topological polar surface area (TPSA) is 34.1 Å². The molecule has 3 nitrogen and oxygen atoms in total. The van der Waals surface area contributed by atoms with Gasteiger partial charge in [0.25, 0.3) is 0 Å². The summed E-state index contributed by atoms with van der Waals surface area (Å²) in [6, 6.07) is 12.6. The Hall–Kier alpha value is -1.87. The lowest BCUT2D eigenvalue weighted by molar-refractivity contribution is 0.310. The van der Waals surface area contributed by atoms with Crippen LogP contribution in [0.15, 0.2) is 48.8 Å². The molecule has 2 rings (SSSR count).